The summed E-state index contributed by atoms with van der Waals surface area (Å²) in [5.74, 6) is -0.498. The Balaban J connectivity index is 1.55. The zero-order chi connectivity index (χ0) is 20.6. The van der Waals surface area contributed by atoms with Crippen LogP contribution in [-0.2, 0) is 5.41 Å². The highest BCUT2D eigenvalue weighted by Gasteiger charge is 2.15. The summed E-state index contributed by atoms with van der Waals surface area (Å²) in [7, 11) is 0. The predicted molar refractivity (Wildman–Crippen MR) is 112 cm³/mol. The van der Waals surface area contributed by atoms with Crippen LogP contribution in [0.4, 0.5) is 10.1 Å². The minimum absolute atomic E-state index is 0.0381. The number of carbonyl (C=O) groups is 1. The molecule has 0 fully saturated rings. The topological polar surface area (TPSA) is 59.8 Å². The fourth-order valence-electron chi connectivity index (χ4n) is 3.01. The normalized spacial score (nSPS) is 11.6. The van der Waals surface area contributed by atoms with Gasteiger partial charge in [-0.1, -0.05) is 32.9 Å². The summed E-state index contributed by atoms with van der Waals surface area (Å²) in [5, 5.41) is 11.7. The zero-order valence-corrected chi connectivity index (χ0v) is 16.5. The van der Waals surface area contributed by atoms with Crippen molar-refractivity contribution < 1.29 is 9.18 Å². The minimum atomic E-state index is -0.314. The lowest BCUT2D eigenvalue weighted by Crippen LogP contribution is -2.14. The van der Waals surface area contributed by atoms with Gasteiger partial charge in [-0.2, -0.15) is 4.80 Å². The smallest absolute Gasteiger partial charge is 0.255 e. The minimum Gasteiger partial charge on any atom is -0.322 e. The van der Waals surface area contributed by atoms with E-state index in [1.807, 2.05) is 24.3 Å². The molecule has 6 heteroatoms. The van der Waals surface area contributed by atoms with E-state index >= 15 is 0 Å². The Morgan fingerprint density at radius 1 is 0.897 bits per heavy atom. The molecule has 0 unspecified atom stereocenters. The molecule has 1 N–H and O–H groups in total. The number of rotatable bonds is 3. The van der Waals surface area contributed by atoms with Crippen molar-refractivity contribution in [3.8, 4) is 5.69 Å². The van der Waals surface area contributed by atoms with E-state index in [0.717, 1.165) is 0 Å². The molecule has 0 bridgehead atoms. The Kier molecular flexibility index (Phi) is 4.62. The van der Waals surface area contributed by atoms with Gasteiger partial charge in [0.05, 0.1) is 5.69 Å². The number of fused-ring (bicyclic) bond motifs is 1. The number of nitrogens with zero attached hydrogens (tertiary/aromatic N) is 3. The molecule has 5 nitrogen and oxygen atoms in total. The maximum atomic E-state index is 13.1. The van der Waals surface area contributed by atoms with Crippen LogP contribution in [0, 0.1) is 5.82 Å². The van der Waals surface area contributed by atoms with Crippen molar-refractivity contribution in [3.05, 3.63) is 83.7 Å². The average Bonchev–Trinajstić information content (AvgIpc) is 3.11. The molecular weight excluding hydrogens is 367 g/mol. The summed E-state index contributed by atoms with van der Waals surface area (Å²) in [6, 6.07) is 18.9. The second kappa shape index (κ2) is 7.13. The highest BCUT2D eigenvalue weighted by Crippen LogP contribution is 2.23. The first-order valence-corrected chi connectivity index (χ1v) is 9.34. The van der Waals surface area contributed by atoms with Crippen LogP contribution in [0.3, 0.4) is 0 Å². The third-order valence-electron chi connectivity index (χ3n) is 4.71. The van der Waals surface area contributed by atoms with E-state index in [9.17, 15) is 9.18 Å². The van der Waals surface area contributed by atoms with Gasteiger partial charge in [0.15, 0.2) is 0 Å². The Morgan fingerprint density at radius 2 is 1.55 bits per heavy atom. The van der Waals surface area contributed by atoms with Gasteiger partial charge in [0.2, 0.25) is 0 Å². The second-order valence-electron chi connectivity index (χ2n) is 7.95. The molecule has 0 atom stereocenters. The van der Waals surface area contributed by atoms with E-state index < -0.39 is 0 Å². The molecule has 146 valence electrons. The number of aromatic nitrogens is 3. The zero-order valence-electron chi connectivity index (χ0n) is 16.5. The molecule has 1 heterocycles. The van der Waals surface area contributed by atoms with E-state index in [4.69, 9.17) is 0 Å². The molecule has 3 aromatic carbocycles. The summed E-state index contributed by atoms with van der Waals surface area (Å²) >= 11 is 0. The molecule has 0 saturated carbocycles. The average molecular weight is 388 g/mol. The number of hydrogen-bond acceptors (Lipinski definition) is 3. The van der Waals surface area contributed by atoms with Gasteiger partial charge in [0, 0.05) is 11.3 Å². The number of anilines is 1. The standard InChI is InChI=1S/C23H21FN4O/c1-23(2,3)16-6-4-15(5-7-16)22(29)25-18-10-13-20-21(14-18)27-28(26-20)19-11-8-17(24)9-12-19/h4-14H,1-3H3,(H,25,29). The van der Waals surface area contributed by atoms with Crippen molar-refractivity contribution in [1.29, 1.82) is 0 Å². The predicted octanol–water partition coefficient (Wildman–Crippen LogP) is 5.11. The van der Waals surface area contributed by atoms with Crippen LogP contribution in [0.2, 0.25) is 0 Å². The van der Waals surface area contributed by atoms with Gasteiger partial charge in [0.25, 0.3) is 5.91 Å². The first-order valence-electron chi connectivity index (χ1n) is 9.34. The quantitative estimate of drug-likeness (QED) is 0.531. The van der Waals surface area contributed by atoms with Gasteiger partial charge in [-0.05, 0) is 65.6 Å². The number of nitrogens with one attached hydrogen (secondary N) is 1. The van der Waals surface area contributed by atoms with Crippen molar-refractivity contribution >= 4 is 22.6 Å². The van der Waals surface area contributed by atoms with Crippen LogP contribution in [0.5, 0.6) is 0 Å². The molecule has 0 aliphatic rings. The van der Waals surface area contributed by atoms with Crippen LogP contribution in [0.1, 0.15) is 36.7 Å². The molecule has 4 rings (SSSR count). The maximum Gasteiger partial charge on any atom is 0.255 e. The molecule has 1 aromatic heterocycles. The van der Waals surface area contributed by atoms with Crippen LogP contribution in [0.15, 0.2) is 66.7 Å². The van der Waals surface area contributed by atoms with Gasteiger partial charge in [0.1, 0.15) is 16.9 Å². The molecule has 0 spiro atoms. The first-order chi connectivity index (χ1) is 13.8. The van der Waals surface area contributed by atoms with Crippen LogP contribution in [-0.4, -0.2) is 20.9 Å². The molecule has 0 aliphatic heterocycles. The highest BCUT2D eigenvalue weighted by molar-refractivity contribution is 6.04. The third kappa shape index (κ3) is 4.01. The Hall–Kier alpha value is -3.54. The summed E-state index contributed by atoms with van der Waals surface area (Å²) in [4.78, 5) is 14.0. The Morgan fingerprint density at radius 3 is 2.21 bits per heavy atom. The highest BCUT2D eigenvalue weighted by atomic mass is 19.1. The van der Waals surface area contributed by atoms with E-state index in [2.05, 4.69) is 36.3 Å². The lowest BCUT2D eigenvalue weighted by molar-refractivity contribution is 0.102. The largest absolute Gasteiger partial charge is 0.322 e. The van der Waals surface area contributed by atoms with Crippen molar-refractivity contribution in [2.75, 3.05) is 5.32 Å². The fraction of sp³-hybridized carbons (Fsp3) is 0.174. The number of benzene rings is 3. The maximum absolute atomic E-state index is 13.1. The summed E-state index contributed by atoms with van der Waals surface area (Å²) in [6.45, 7) is 6.41. The Bertz CT molecular complexity index is 1170. The Labute approximate surface area is 168 Å². The summed E-state index contributed by atoms with van der Waals surface area (Å²) in [6.07, 6.45) is 0. The molecule has 29 heavy (non-hydrogen) atoms. The molecule has 0 radical (unpaired) electrons. The molecule has 0 aliphatic carbocycles. The van der Waals surface area contributed by atoms with Crippen molar-refractivity contribution in [3.63, 3.8) is 0 Å². The van der Waals surface area contributed by atoms with Gasteiger partial charge in [-0.3, -0.25) is 4.79 Å². The van der Waals surface area contributed by atoms with Gasteiger partial charge >= 0.3 is 0 Å². The number of hydrogen-bond donors (Lipinski definition) is 1. The first kappa shape index (κ1) is 18.8. The number of carbonyl (C=O) groups excluding carboxylic acids is 1. The van der Waals surface area contributed by atoms with Crippen molar-refractivity contribution in [1.82, 2.24) is 15.0 Å². The van der Waals surface area contributed by atoms with Gasteiger partial charge < -0.3 is 5.32 Å². The monoisotopic (exact) mass is 388 g/mol. The number of halogens is 1. The van der Waals surface area contributed by atoms with Gasteiger partial charge in [-0.25, -0.2) is 4.39 Å². The molecule has 1 amide bonds. The molecule has 4 aromatic rings. The number of amides is 1. The SMILES string of the molecule is CC(C)(C)c1ccc(C(=O)Nc2ccc3nn(-c4ccc(F)cc4)nc3c2)cc1. The van der Waals surface area contributed by atoms with E-state index in [-0.39, 0.29) is 17.1 Å². The van der Waals surface area contributed by atoms with Crippen molar-refractivity contribution in [2.24, 2.45) is 0 Å². The summed E-state index contributed by atoms with van der Waals surface area (Å²) < 4.78 is 13.1. The van der Waals surface area contributed by atoms with E-state index in [1.54, 1.807) is 30.3 Å². The lowest BCUT2D eigenvalue weighted by atomic mass is 9.87. The fourth-order valence-corrected chi connectivity index (χ4v) is 3.01. The van der Waals surface area contributed by atoms with Crippen LogP contribution < -0.4 is 5.32 Å². The second-order valence-corrected chi connectivity index (χ2v) is 7.95. The third-order valence-corrected chi connectivity index (χ3v) is 4.71. The van der Waals surface area contributed by atoms with E-state index in [0.29, 0.717) is 28.0 Å². The van der Waals surface area contributed by atoms with Crippen LogP contribution >= 0.6 is 0 Å². The lowest BCUT2D eigenvalue weighted by Gasteiger charge is -2.19. The molecular formula is C23H21FN4O. The van der Waals surface area contributed by atoms with Gasteiger partial charge in [-0.15, -0.1) is 10.2 Å². The van der Waals surface area contributed by atoms with Crippen molar-refractivity contribution in [2.45, 2.75) is 26.2 Å². The van der Waals surface area contributed by atoms with E-state index in [1.165, 1.54) is 22.5 Å². The summed E-state index contributed by atoms with van der Waals surface area (Å²) in [5.41, 5.74) is 4.41. The molecule has 0 saturated heterocycles. The van der Waals surface area contributed by atoms with Crippen LogP contribution in [0.25, 0.3) is 16.7 Å².